The molecular formula is C17H16ILiO4. The summed E-state index contributed by atoms with van der Waals surface area (Å²) in [7, 11) is 0. The van der Waals surface area contributed by atoms with E-state index >= 15 is 0 Å². The Morgan fingerprint density at radius 2 is 1.91 bits per heavy atom. The molecule has 2 aromatic rings. The molecule has 0 heterocycles. The number of aliphatic hydroxyl groups excluding tert-OH is 1. The van der Waals surface area contributed by atoms with Crippen LogP contribution in [0.2, 0.25) is 0 Å². The van der Waals surface area contributed by atoms with Gasteiger partial charge >= 0.3 is 18.9 Å². The normalized spacial score (nSPS) is 11.4. The summed E-state index contributed by atoms with van der Waals surface area (Å²) in [4.78, 5) is 10.4. The minimum absolute atomic E-state index is 0. The summed E-state index contributed by atoms with van der Waals surface area (Å²) in [5, 5.41) is 20.3. The third-order valence-electron chi connectivity index (χ3n) is 3.18. The first kappa shape index (κ1) is 20.0. The second kappa shape index (κ2) is 9.99. The molecule has 2 rings (SSSR count). The van der Waals surface area contributed by atoms with E-state index in [1.54, 1.807) is 24.3 Å². The quantitative estimate of drug-likeness (QED) is 0.484. The molecule has 0 fully saturated rings. The van der Waals surface area contributed by atoms with E-state index in [4.69, 9.17) is 4.74 Å². The van der Waals surface area contributed by atoms with Crippen molar-refractivity contribution in [1.29, 1.82) is 0 Å². The van der Waals surface area contributed by atoms with Crippen LogP contribution in [0.4, 0.5) is 0 Å². The summed E-state index contributed by atoms with van der Waals surface area (Å²) in [5.41, 5.74) is 1.76. The van der Waals surface area contributed by atoms with Crippen molar-refractivity contribution in [3.05, 3.63) is 63.2 Å². The van der Waals surface area contributed by atoms with Crippen molar-refractivity contribution < 1.29 is 38.6 Å². The second-order valence-corrected chi connectivity index (χ2v) is 6.16. The van der Waals surface area contributed by atoms with Gasteiger partial charge in [-0.2, -0.15) is 0 Å². The molecular weight excluding hydrogens is 402 g/mol. The predicted octanol–water partition coefficient (Wildman–Crippen LogP) is -0.562. The minimum Gasteiger partial charge on any atom is -0.550 e. The maximum Gasteiger partial charge on any atom is 1.00 e. The fourth-order valence-electron chi connectivity index (χ4n) is 2.00. The molecule has 0 aliphatic carbocycles. The molecule has 0 amide bonds. The van der Waals surface area contributed by atoms with Gasteiger partial charge in [-0.1, -0.05) is 24.3 Å². The number of carbonyl (C=O) groups excluding carboxylic acids is 1. The number of carboxylic acid groups (broad SMARTS) is 1. The van der Waals surface area contributed by atoms with Gasteiger partial charge < -0.3 is 19.7 Å². The van der Waals surface area contributed by atoms with Gasteiger partial charge in [-0.15, -0.1) is 0 Å². The van der Waals surface area contributed by atoms with Gasteiger partial charge in [0, 0.05) is 9.54 Å². The summed E-state index contributed by atoms with van der Waals surface area (Å²) in [6.07, 6.45) is -0.820. The smallest absolute Gasteiger partial charge is 0.550 e. The van der Waals surface area contributed by atoms with Crippen LogP contribution in [-0.2, 0) is 11.4 Å². The van der Waals surface area contributed by atoms with E-state index in [-0.39, 0.29) is 31.7 Å². The van der Waals surface area contributed by atoms with Gasteiger partial charge in [0.25, 0.3) is 0 Å². The third kappa shape index (κ3) is 6.96. The van der Waals surface area contributed by atoms with E-state index in [0.29, 0.717) is 17.9 Å². The number of ether oxygens (including phenoxy) is 1. The van der Waals surface area contributed by atoms with Crippen LogP contribution in [0.5, 0.6) is 5.75 Å². The zero-order valence-corrected chi connectivity index (χ0v) is 15.0. The van der Waals surface area contributed by atoms with E-state index in [0.717, 1.165) is 9.13 Å². The van der Waals surface area contributed by atoms with Crippen molar-refractivity contribution in [2.24, 2.45) is 0 Å². The van der Waals surface area contributed by atoms with E-state index in [1.165, 1.54) is 0 Å². The number of carboxylic acids is 1. The molecule has 4 nitrogen and oxygen atoms in total. The third-order valence-corrected chi connectivity index (χ3v) is 3.85. The average molecular weight is 418 g/mol. The van der Waals surface area contributed by atoms with Crippen molar-refractivity contribution >= 4 is 28.6 Å². The molecule has 116 valence electrons. The minimum atomic E-state index is -1.16. The number of rotatable bonds is 7. The number of hydrogen-bond acceptors (Lipinski definition) is 4. The van der Waals surface area contributed by atoms with Gasteiger partial charge in [-0.25, -0.2) is 0 Å². The van der Waals surface area contributed by atoms with Gasteiger partial charge in [0.15, 0.2) is 0 Å². The number of aliphatic carboxylic acids is 1. The molecule has 0 aliphatic heterocycles. The van der Waals surface area contributed by atoms with E-state index < -0.39 is 12.1 Å². The Kier molecular flexibility index (Phi) is 8.70. The largest absolute Gasteiger partial charge is 1.00 e. The zero-order chi connectivity index (χ0) is 15.9. The summed E-state index contributed by atoms with van der Waals surface area (Å²) in [6.45, 7) is 0.476. The molecule has 0 aromatic heterocycles. The molecule has 1 atom stereocenters. The first-order valence-electron chi connectivity index (χ1n) is 6.89. The van der Waals surface area contributed by atoms with Gasteiger partial charge in [-0.05, 0) is 70.8 Å². The SMILES string of the molecule is O=C([O-])CCC(O)c1ccc(OCc2cccc(I)c2)cc1.[Li+]. The molecule has 23 heavy (non-hydrogen) atoms. The van der Waals surface area contributed by atoms with Crippen molar-refractivity contribution in [1.82, 2.24) is 0 Å². The molecule has 0 saturated heterocycles. The van der Waals surface area contributed by atoms with E-state index in [1.807, 2.05) is 18.2 Å². The molecule has 0 saturated carbocycles. The first-order chi connectivity index (χ1) is 10.5. The molecule has 2 aromatic carbocycles. The number of hydrogen-bond donors (Lipinski definition) is 1. The van der Waals surface area contributed by atoms with E-state index in [9.17, 15) is 15.0 Å². The fourth-order valence-corrected chi connectivity index (χ4v) is 2.61. The fraction of sp³-hybridized carbons (Fsp3) is 0.235. The van der Waals surface area contributed by atoms with Crippen LogP contribution in [0.15, 0.2) is 48.5 Å². The van der Waals surface area contributed by atoms with Crippen LogP contribution in [0.1, 0.15) is 30.1 Å². The van der Waals surface area contributed by atoms with E-state index in [2.05, 4.69) is 28.7 Å². The topological polar surface area (TPSA) is 69.6 Å². The first-order valence-corrected chi connectivity index (χ1v) is 7.97. The molecule has 0 radical (unpaired) electrons. The van der Waals surface area contributed by atoms with Gasteiger partial charge in [-0.3, -0.25) is 0 Å². The maximum absolute atomic E-state index is 10.4. The molecule has 0 aliphatic rings. The van der Waals surface area contributed by atoms with Crippen LogP contribution in [0.25, 0.3) is 0 Å². The molecule has 1 N–H and O–H groups in total. The van der Waals surface area contributed by atoms with Gasteiger partial charge in [0.1, 0.15) is 12.4 Å². The Morgan fingerprint density at radius 1 is 1.22 bits per heavy atom. The number of halogens is 1. The van der Waals surface area contributed by atoms with Crippen molar-refractivity contribution in [3.8, 4) is 5.75 Å². The molecule has 0 spiro atoms. The number of aliphatic hydroxyl groups is 1. The average Bonchev–Trinajstić information content (AvgIpc) is 2.51. The van der Waals surface area contributed by atoms with Crippen molar-refractivity contribution in [2.75, 3.05) is 0 Å². The second-order valence-electron chi connectivity index (χ2n) is 4.91. The number of benzene rings is 2. The summed E-state index contributed by atoms with van der Waals surface area (Å²) >= 11 is 2.25. The Labute approximate surface area is 161 Å². The van der Waals surface area contributed by atoms with Gasteiger partial charge in [0.05, 0.1) is 6.10 Å². The van der Waals surface area contributed by atoms with Crippen molar-refractivity contribution in [3.63, 3.8) is 0 Å². The summed E-state index contributed by atoms with van der Waals surface area (Å²) in [6, 6.07) is 15.1. The van der Waals surface area contributed by atoms with Crippen LogP contribution in [0, 0.1) is 3.57 Å². The van der Waals surface area contributed by atoms with Gasteiger partial charge in [0.2, 0.25) is 0 Å². The Bertz CT molecular complexity index is 631. The molecule has 0 bridgehead atoms. The summed E-state index contributed by atoms with van der Waals surface area (Å²) in [5.74, 6) is -0.453. The Hall–Kier alpha value is -1.00. The Balaban J connectivity index is 0.00000264. The Morgan fingerprint density at radius 3 is 2.52 bits per heavy atom. The maximum atomic E-state index is 10.4. The number of carbonyl (C=O) groups is 1. The monoisotopic (exact) mass is 418 g/mol. The van der Waals surface area contributed by atoms with Crippen LogP contribution >= 0.6 is 22.6 Å². The van der Waals surface area contributed by atoms with Crippen LogP contribution in [0.3, 0.4) is 0 Å². The summed E-state index contributed by atoms with van der Waals surface area (Å²) < 4.78 is 6.85. The zero-order valence-electron chi connectivity index (χ0n) is 12.9. The van der Waals surface area contributed by atoms with Crippen molar-refractivity contribution in [2.45, 2.75) is 25.6 Å². The molecule has 1 unspecified atom stereocenters. The standard InChI is InChI=1S/C17H17IO4.Li/c18-14-3-1-2-12(10-14)11-22-15-6-4-13(5-7-15)16(19)8-9-17(20)21;/h1-7,10,16,19H,8-9,11H2,(H,20,21);/q;+1/p-1. The van der Waals surface area contributed by atoms with Crippen LogP contribution < -0.4 is 28.7 Å². The molecule has 6 heteroatoms. The predicted molar refractivity (Wildman–Crippen MR) is 89.1 cm³/mol. The van der Waals surface area contributed by atoms with Crippen LogP contribution in [-0.4, -0.2) is 11.1 Å².